The summed E-state index contributed by atoms with van der Waals surface area (Å²) in [6.07, 6.45) is 0.387. The van der Waals surface area contributed by atoms with E-state index in [0.717, 1.165) is 0 Å². The van der Waals surface area contributed by atoms with Crippen LogP contribution in [0.2, 0.25) is 0 Å². The molecule has 0 spiro atoms. The van der Waals surface area contributed by atoms with Crippen molar-refractivity contribution in [2.75, 3.05) is 31.8 Å². The lowest BCUT2D eigenvalue weighted by atomic mass is 10.2. The molecule has 1 rings (SSSR count). The number of carbonyl (C=O) groups is 1. The fraction of sp³-hybridized carbons (Fsp3) is 0.462. The molecule has 20 heavy (non-hydrogen) atoms. The zero-order valence-electron chi connectivity index (χ0n) is 11.6. The number of methoxy groups -OCH3 is 1. The summed E-state index contributed by atoms with van der Waals surface area (Å²) < 4.78 is 33.9. The third-order valence-corrected chi connectivity index (χ3v) is 4.44. The molecule has 0 heterocycles. The van der Waals surface area contributed by atoms with Gasteiger partial charge in [0.2, 0.25) is 0 Å². The zero-order chi connectivity index (χ0) is 15.2. The Hall–Kier alpha value is -1.60. The van der Waals surface area contributed by atoms with Crippen molar-refractivity contribution in [1.82, 2.24) is 0 Å². The Morgan fingerprint density at radius 3 is 2.65 bits per heavy atom. The second-order valence-electron chi connectivity index (χ2n) is 4.13. The van der Waals surface area contributed by atoms with Crippen LogP contribution in [0.25, 0.3) is 0 Å². The van der Waals surface area contributed by atoms with Gasteiger partial charge in [0.25, 0.3) is 0 Å². The van der Waals surface area contributed by atoms with Crippen LogP contribution < -0.4 is 5.73 Å². The van der Waals surface area contributed by atoms with E-state index in [1.54, 1.807) is 6.92 Å². The number of nitrogen functional groups attached to an aromatic ring is 1. The highest BCUT2D eigenvalue weighted by molar-refractivity contribution is 7.91. The maximum absolute atomic E-state index is 12.1. The maximum Gasteiger partial charge on any atom is 0.340 e. The first-order chi connectivity index (χ1) is 9.42. The number of hydrogen-bond acceptors (Lipinski definition) is 6. The predicted octanol–water partition coefficient (Wildman–Crippen LogP) is 1.26. The molecule has 0 aliphatic rings. The van der Waals surface area contributed by atoms with E-state index in [0.29, 0.717) is 13.0 Å². The first-order valence-corrected chi connectivity index (χ1v) is 7.86. The van der Waals surface area contributed by atoms with Crippen molar-refractivity contribution in [3.63, 3.8) is 0 Å². The quantitative estimate of drug-likeness (QED) is 0.462. The molecule has 0 atom stereocenters. The molecule has 0 amide bonds. The Morgan fingerprint density at radius 2 is 2.05 bits per heavy atom. The molecule has 112 valence electrons. The lowest BCUT2D eigenvalue weighted by Crippen LogP contribution is -2.12. The molecule has 0 saturated heterocycles. The Labute approximate surface area is 118 Å². The van der Waals surface area contributed by atoms with Crippen molar-refractivity contribution >= 4 is 21.5 Å². The smallest absolute Gasteiger partial charge is 0.340 e. The van der Waals surface area contributed by atoms with E-state index in [1.165, 1.54) is 25.3 Å². The van der Waals surface area contributed by atoms with Crippen LogP contribution in [-0.2, 0) is 19.3 Å². The number of hydrogen-bond donors (Lipinski definition) is 1. The van der Waals surface area contributed by atoms with Crippen molar-refractivity contribution in [1.29, 1.82) is 0 Å². The second kappa shape index (κ2) is 7.25. The van der Waals surface area contributed by atoms with E-state index in [4.69, 9.17) is 15.2 Å². The molecule has 1 aromatic carbocycles. The van der Waals surface area contributed by atoms with Gasteiger partial charge < -0.3 is 15.2 Å². The molecular weight excluding hydrogens is 282 g/mol. The van der Waals surface area contributed by atoms with Gasteiger partial charge in [0, 0.05) is 19.4 Å². The number of rotatable bonds is 7. The zero-order valence-corrected chi connectivity index (χ0v) is 12.4. The first kappa shape index (κ1) is 16.5. The van der Waals surface area contributed by atoms with Crippen LogP contribution in [0, 0.1) is 0 Å². The van der Waals surface area contributed by atoms with E-state index in [1.807, 2.05) is 0 Å². The van der Waals surface area contributed by atoms with Gasteiger partial charge in [0.1, 0.15) is 0 Å². The Kier molecular flexibility index (Phi) is 5.97. The fourth-order valence-corrected chi connectivity index (χ4v) is 2.93. The van der Waals surface area contributed by atoms with Crippen LogP contribution in [0.1, 0.15) is 23.7 Å². The van der Waals surface area contributed by atoms with Gasteiger partial charge in [-0.05, 0) is 31.5 Å². The highest BCUT2D eigenvalue weighted by Crippen LogP contribution is 2.20. The van der Waals surface area contributed by atoms with Gasteiger partial charge >= 0.3 is 5.97 Å². The third kappa shape index (κ3) is 4.21. The van der Waals surface area contributed by atoms with Crippen molar-refractivity contribution in [2.24, 2.45) is 0 Å². The molecule has 0 aromatic heterocycles. The lowest BCUT2D eigenvalue weighted by Gasteiger charge is -2.09. The fourth-order valence-electron chi connectivity index (χ4n) is 1.63. The average Bonchev–Trinajstić information content (AvgIpc) is 2.39. The Balaban J connectivity index is 3.02. The summed E-state index contributed by atoms with van der Waals surface area (Å²) in [5.41, 5.74) is 5.93. The van der Waals surface area contributed by atoms with Crippen LogP contribution in [0.5, 0.6) is 0 Å². The predicted molar refractivity (Wildman–Crippen MR) is 75.4 cm³/mol. The summed E-state index contributed by atoms with van der Waals surface area (Å²) in [4.78, 5) is 11.7. The third-order valence-electron chi connectivity index (χ3n) is 2.64. The second-order valence-corrected chi connectivity index (χ2v) is 6.24. The van der Waals surface area contributed by atoms with Gasteiger partial charge in [-0.2, -0.15) is 0 Å². The van der Waals surface area contributed by atoms with Crippen molar-refractivity contribution in [2.45, 2.75) is 18.2 Å². The van der Waals surface area contributed by atoms with Gasteiger partial charge in [-0.1, -0.05) is 0 Å². The molecule has 0 bridgehead atoms. The normalized spacial score (nSPS) is 11.3. The summed E-state index contributed by atoms with van der Waals surface area (Å²) in [6, 6.07) is 4.05. The monoisotopic (exact) mass is 301 g/mol. The molecule has 0 radical (unpaired) electrons. The van der Waals surface area contributed by atoms with Gasteiger partial charge in [-0.15, -0.1) is 0 Å². The SMILES string of the molecule is CCOC(=O)c1cc(S(=O)(=O)CCCOC)ccc1N. The van der Waals surface area contributed by atoms with Crippen molar-refractivity contribution < 1.29 is 22.7 Å². The van der Waals surface area contributed by atoms with Crippen LogP contribution in [0.3, 0.4) is 0 Å². The highest BCUT2D eigenvalue weighted by Gasteiger charge is 2.18. The van der Waals surface area contributed by atoms with Crippen LogP contribution in [0.4, 0.5) is 5.69 Å². The van der Waals surface area contributed by atoms with Gasteiger partial charge in [0.15, 0.2) is 9.84 Å². The average molecular weight is 301 g/mol. The van der Waals surface area contributed by atoms with Gasteiger partial charge in [0.05, 0.1) is 22.8 Å². The van der Waals surface area contributed by atoms with E-state index in [-0.39, 0.29) is 28.5 Å². The van der Waals surface area contributed by atoms with Gasteiger partial charge in [-0.25, -0.2) is 13.2 Å². The number of esters is 1. The van der Waals surface area contributed by atoms with Gasteiger partial charge in [-0.3, -0.25) is 0 Å². The van der Waals surface area contributed by atoms with E-state index < -0.39 is 15.8 Å². The summed E-state index contributed by atoms with van der Waals surface area (Å²) in [5, 5.41) is 0. The standard InChI is InChI=1S/C13H19NO5S/c1-3-19-13(15)11-9-10(5-6-12(11)14)20(16,17)8-4-7-18-2/h5-6,9H,3-4,7-8,14H2,1-2H3. The number of carbonyl (C=O) groups excluding carboxylic acids is 1. The Morgan fingerprint density at radius 1 is 1.35 bits per heavy atom. The summed E-state index contributed by atoms with van der Waals surface area (Å²) in [6.45, 7) is 2.22. The first-order valence-electron chi connectivity index (χ1n) is 6.20. The topological polar surface area (TPSA) is 95.7 Å². The largest absolute Gasteiger partial charge is 0.462 e. The summed E-state index contributed by atoms with van der Waals surface area (Å²) >= 11 is 0. The summed E-state index contributed by atoms with van der Waals surface area (Å²) in [7, 11) is -1.95. The summed E-state index contributed by atoms with van der Waals surface area (Å²) in [5.74, 6) is -0.675. The van der Waals surface area contributed by atoms with E-state index in [9.17, 15) is 13.2 Å². The molecule has 1 aromatic rings. The number of ether oxygens (including phenoxy) is 2. The maximum atomic E-state index is 12.1. The molecule has 0 unspecified atom stereocenters. The molecule has 0 saturated carbocycles. The molecule has 6 nitrogen and oxygen atoms in total. The van der Waals surface area contributed by atoms with Crippen molar-refractivity contribution in [3.8, 4) is 0 Å². The van der Waals surface area contributed by atoms with Crippen LogP contribution in [0.15, 0.2) is 23.1 Å². The minimum Gasteiger partial charge on any atom is -0.462 e. The van der Waals surface area contributed by atoms with Crippen LogP contribution in [-0.4, -0.2) is 40.5 Å². The van der Waals surface area contributed by atoms with E-state index in [2.05, 4.69) is 0 Å². The van der Waals surface area contributed by atoms with Crippen molar-refractivity contribution in [3.05, 3.63) is 23.8 Å². The number of benzene rings is 1. The lowest BCUT2D eigenvalue weighted by molar-refractivity contribution is 0.0527. The molecule has 0 fully saturated rings. The molecule has 0 aliphatic carbocycles. The molecule has 0 aliphatic heterocycles. The number of anilines is 1. The molecule has 2 N–H and O–H groups in total. The molecular formula is C13H19NO5S. The minimum atomic E-state index is -3.46. The molecule has 7 heteroatoms. The Bertz CT molecular complexity index is 568. The van der Waals surface area contributed by atoms with E-state index >= 15 is 0 Å². The van der Waals surface area contributed by atoms with Crippen LogP contribution >= 0.6 is 0 Å². The number of nitrogens with two attached hydrogens (primary N) is 1. The highest BCUT2D eigenvalue weighted by atomic mass is 32.2. The minimum absolute atomic E-state index is 0.0486. The number of sulfone groups is 1.